The van der Waals surface area contributed by atoms with E-state index in [2.05, 4.69) is 22.3 Å². The number of rotatable bonds is 5. The van der Waals surface area contributed by atoms with Gasteiger partial charge in [0, 0.05) is 42.3 Å². The minimum absolute atomic E-state index is 0.222. The van der Waals surface area contributed by atoms with E-state index >= 15 is 0 Å². The second-order valence-corrected chi connectivity index (χ2v) is 6.60. The maximum absolute atomic E-state index is 9.75. The number of benzene rings is 1. The van der Waals surface area contributed by atoms with Crippen LogP contribution in [0.25, 0.3) is 0 Å². The lowest BCUT2D eigenvalue weighted by Gasteiger charge is -2.23. The molecule has 3 rings (SSSR count). The molecule has 1 aliphatic heterocycles. The highest BCUT2D eigenvalue weighted by molar-refractivity contribution is 6.30. The van der Waals surface area contributed by atoms with Gasteiger partial charge in [-0.3, -0.25) is 0 Å². The summed E-state index contributed by atoms with van der Waals surface area (Å²) in [5, 5.41) is 14.1. The van der Waals surface area contributed by atoms with Gasteiger partial charge in [-0.25, -0.2) is 0 Å². The predicted molar refractivity (Wildman–Crippen MR) is 83.3 cm³/mol. The number of aliphatic hydroxyl groups excluding tert-OH is 1. The van der Waals surface area contributed by atoms with Crippen molar-refractivity contribution in [2.24, 2.45) is 5.92 Å². The normalized spacial score (nSPS) is 24.1. The molecule has 110 valence electrons. The molecule has 20 heavy (non-hydrogen) atoms. The zero-order valence-corrected chi connectivity index (χ0v) is 12.7. The zero-order valence-electron chi connectivity index (χ0n) is 12.0. The molecule has 0 radical (unpaired) electrons. The molecular weight excluding hydrogens is 272 g/mol. The molecule has 3 nitrogen and oxygen atoms in total. The molecule has 2 aliphatic rings. The molecule has 2 unspecified atom stereocenters. The molecule has 1 aromatic rings. The largest absolute Gasteiger partial charge is 0.393 e. The number of nitrogens with one attached hydrogen (secondary N) is 1. The maximum Gasteiger partial charge on any atom is 0.0557 e. The van der Waals surface area contributed by atoms with Crippen molar-refractivity contribution < 1.29 is 5.11 Å². The summed E-state index contributed by atoms with van der Waals surface area (Å²) in [4.78, 5) is 2.39. The third-order valence-electron chi connectivity index (χ3n) is 4.45. The molecule has 1 heterocycles. The van der Waals surface area contributed by atoms with Crippen LogP contribution in [0.2, 0.25) is 5.02 Å². The van der Waals surface area contributed by atoms with Gasteiger partial charge < -0.3 is 15.3 Å². The topological polar surface area (TPSA) is 35.5 Å². The van der Waals surface area contributed by atoms with Gasteiger partial charge in [0.2, 0.25) is 0 Å². The van der Waals surface area contributed by atoms with Gasteiger partial charge in [-0.15, -0.1) is 0 Å². The first kappa shape index (κ1) is 14.2. The van der Waals surface area contributed by atoms with E-state index in [1.165, 1.54) is 24.1 Å². The summed E-state index contributed by atoms with van der Waals surface area (Å²) in [6.45, 7) is 4.74. The van der Waals surface area contributed by atoms with Crippen LogP contribution in [0.15, 0.2) is 18.2 Å². The Balaban J connectivity index is 1.74. The Morgan fingerprint density at radius 2 is 2.20 bits per heavy atom. The van der Waals surface area contributed by atoms with E-state index in [1.54, 1.807) is 0 Å². The van der Waals surface area contributed by atoms with Crippen LogP contribution in [0.1, 0.15) is 31.7 Å². The molecular formula is C16H23ClN2O. The molecule has 2 atom stereocenters. The third kappa shape index (κ3) is 3.27. The Bertz CT molecular complexity index is 474. The second-order valence-electron chi connectivity index (χ2n) is 6.16. The lowest BCUT2D eigenvalue weighted by Crippen LogP contribution is -2.26. The van der Waals surface area contributed by atoms with Crippen LogP contribution in [-0.4, -0.2) is 30.3 Å². The smallest absolute Gasteiger partial charge is 0.0557 e. The summed E-state index contributed by atoms with van der Waals surface area (Å²) >= 11 is 6.15. The minimum atomic E-state index is -0.222. The predicted octanol–water partition coefficient (Wildman–Crippen LogP) is 2.80. The highest BCUT2D eigenvalue weighted by atomic mass is 35.5. The van der Waals surface area contributed by atoms with Gasteiger partial charge in [0.1, 0.15) is 0 Å². The zero-order chi connectivity index (χ0) is 14.1. The second kappa shape index (κ2) is 5.92. The Kier molecular flexibility index (Phi) is 4.20. The molecule has 1 aliphatic carbocycles. The van der Waals surface area contributed by atoms with E-state index in [9.17, 15) is 5.11 Å². The lowest BCUT2D eigenvalue weighted by molar-refractivity contribution is 0.136. The fourth-order valence-electron chi connectivity index (χ4n) is 2.95. The molecule has 2 fully saturated rings. The fourth-order valence-corrected chi connectivity index (χ4v) is 3.14. The van der Waals surface area contributed by atoms with Crippen LogP contribution in [0.3, 0.4) is 0 Å². The van der Waals surface area contributed by atoms with Gasteiger partial charge in [0.15, 0.2) is 0 Å². The van der Waals surface area contributed by atoms with Gasteiger partial charge in [-0.1, -0.05) is 11.6 Å². The van der Waals surface area contributed by atoms with Gasteiger partial charge in [0.25, 0.3) is 0 Å². The summed E-state index contributed by atoms with van der Waals surface area (Å²) in [7, 11) is 0. The average Bonchev–Trinajstić information content (AvgIpc) is 3.11. The maximum atomic E-state index is 9.75. The minimum Gasteiger partial charge on any atom is -0.393 e. The molecule has 4 heteroatoms. The molecule has 0 amide bonds. The summed E-state index contributed by atoms with van der Waals surface area (Å²) in [6.07, 6.45) is 3.43. The van der Waals surface area contributed by atoms with Crippen LogP contribution in [-0.2, 0) is 6.54 Å². The first-order chi connectivity index (χ1) is 9.63. The van der Waals surface area contributed by atoms with Gasteiger partial charge in [0.05, 0.1) is 6.10 Å². The number of hydrogen-bond donors (Lipinski definition) is 2. The first-order valence-corrected chi connectivity index (χ1v) is 7.96. The molecule has 0 aromatic heterocycles. The van der Waals surface area contributed by atoms with Crippen LogP contribution < -0.4 is 10.2 Å². The van der Waals surface area contributed by atoms with Crippen molar-refractivity contribution >= 4 is 17.3 Å². The number of hydrogen-bond acceptors (Lipinski definition) is 3. The highest BCUT2D eigenvalue weighted by Crippen LogP contribution is 2.31. The SMILES string of the molecule is CC(O)C1CCN(c2ccc(Cl)cc2CNC2CC2)C1. The van der Waals surface area contributed by atoms with Crippen LogP contribution in [0, 0.1) is 5.92 Å². The molecule has 0 spiro atoms. The van der Waals surface area contributed by atoms with Crippen molar-refractivity contribution in [3.63, 3.8) is 0 Å². The highest BCUT2D eigenvalue weighted by Gasteiger charge is 2.27. The molecule has 0 bridgehead atoms. The third-order valence-corrected chi connectivity index (χ3v) is 4.68. The summed E-state index contributed by atoms with van der Waals surface area (Å²) in [6, 6.07) is 6.86. The van der Waals surface area contributed by atoms with Crippen molar-refractivity contribution in [3.8, 4) is 0 Å². The van der Waals surface area contributed by atoms with E-state index < -0.39 is 0 Å². The number of aliphatic hydroxyl groups is 1. The first-order valence-electron chi connectivity index (χ1n) is 7.58. The van der Waals surface area contributed by atoms with Gasteiger partial charge in [-0.2, -0.15) is 0 Å². The van der Waals surface area contributed by atoms with E-state index in [0.29, 0.717) is 12.0 Å². The number of nitrogens with zero attached hydrogens (tertiary/aromatic N) is 1. The molecule has 1 saturated carbocycles. The van der Waals surface area contributed by atoms with Crippen LogP contribution in [0.5, 0.6) is 0 Å². The van der Waals surface area contributed by atoms with Crippen molar-refractivity contribution in [1.29, 1.82) is 0 Å². The van der Waals surface area contributed by atoms with Crippen LogP contribution in [0.4, 0.5) is 5.69 Å². The Hall–Kier alpha value is -0.770. The van der Waals surface area contributed by atoms with Crippen molar-refractivity contribution in [2.45, 2.75) is 44.9 Å². The fraction of sp³-hybridized carbons (Fsp3) is 0.625. The molecule has 2 N–H and O–H groups in total. The van der Waals surface area contributed by atoms with Crippen LogP contribution >= 0.6 is 11.6 Å². The van der Waals surface area contributed by atoms with Gasteiger partial charge in [-0.05, 0) is 49.9 Å². The Morgan fingerprint density at radius 1 is 1.40 bits per heavy atom. The van der Waals surface area contributed by atoms with E-state index in [-0.39, 0.29) is 6.10 Å². The summed E-state index contributed by atoms with van der Waals surface area (Å²) in [5.41, 5.74) is 2.54. The summed E-state index contributed by atoms with van der Waals surface area (Å²) < 4.78 is 0. The van der Waals surface area contributed by atoms with E-state index in [1.807, 2.05) is 13.0 Å². The van der Waals surface area contributed by atoms with Crippen molar-refractivity contribution in [2.75, 3.05) is 18.0 Å². The van der Waals surface area contributed by atoms with E-state index in [4.69, 9.17) is 11.6 Å². The van der Waals surface area contributed by atoms with Gasteiger partial charge >= 0.3 is 0 Å². The average molecular weight is 295 g/mol. The summed E-state index contributed by atoms with van der Waals surface area (Å²) in [5.74, 6) is 0.384. The van der Waals surface area contributed by atoms with Crippen molar-refractivity contribution in [3.05, 3.63) is 28.8 Å². The Labute approximate surface area is 125 Å². The lowest BCUT2D eigenvalue weighted by atomic mass is 10.0. The van der Waals surface area contributed by atoms with E-state index in [0.717, 1.165) is 31.1 Å². The number of anilines is 1. The Morgan fingerprint density at radius 3 is 2.85 bits per heavy atom. The monoisotopic (exact) mass is 294 g/mol. The molecule has 1 aromatic carbocycles. The molecule has 1 saturated heterocycles. The van der Waals surface area contributed by atoms with Crippen molar-refractivity contribution in [1.82, 2.24) is 5.32 Å². The standard InChI is InChI=1S/C16H23ClN2O/c1-11(20)12-6-7-19(10-12)16-5-2-14(17)8-13(16)9-18-15-3-4-15/h2,5,8,11-12,15,18,20H,3-4,6-7,9-10H2,1H3. The quantitative estimate of drug-likeness (QED) is 0.876. The number of halogens is 1.